The second-order valence-electron chi connectivity index (χ2n) is 6.79. The van der Waals surface area contributed by atoms with Gasteiger partial charge in [-0.3, -0.25) is 4.79 Å². The number of hydrogen-bond acceptors (Lipinski definition) is 4. The Kier molecular flexibility index (Phi) is 6.35. The van der Waals surface area contributed by atoms with Crippen LogP contribution >= 0.6 is 11.8 Å². The molecule has 0 spiro atoms. The van der Waals surface area contributed by atoms with Crippen molar-refractivity contribution in [2.75, 3.05) is 6.54 Å². The van der Waals surface area contributed by atoms with E-state index in [1.54, 1.807) is 0 Å². The molecule has 2 aromatic carbocycles. The smallest absolute Gasteiger partial charge is 0.257 e. The molecular weight excluding hydrogens is 356 g/mol. The number of carbonyl (C=O) groups is 1. The van der Waals surface area contributed by atoms with Gasteiger partial charge in [0.05, 0.1) is 5.25 Å². The second kappa shape index (κ2) is 8.91. The Bertz CT molecular complexity index is 819. The summed E-state index contributed by atoms with van der Waals surface area (Å²) in [5.41, 5.74) is 2.75. The van der Waals surface area contributed by atoms with Gasteiger partial charge in [-0.1, -0.05) is 86.3 Å². The fourth-order valence-corrected chi connectivity index (χ4v) is 3.35. The van der Waals surface area contributed by atoms with Gasteiger partial charge >= 0.3 is 0 Å². The van der Waals surface area contributed by atoms with Gasteiger partial charge in [0.25, 0.3) is 5.22 Å². The first-order chi connectivity index (χ1) is 13.0. The number of aromatic nitrogens is 1. The Morgan fingerprint density at radius 1 is 1.00 bits per heavy atom. The van der Waals surface area contributed by atoms with Crippen LogP contribution in [-0.2, 0) is 4.79 Å². The Hall–Kier alpha value is -2.53. The zero-order valence-corrected chi connectivity index (χ0v) is 16.6. The van der Waals surface area contributed by atoms with E-state index < -0.39 is 0 Å². The van der Waals surface area contributed by atoms with Crippen LogP contribution in [0.5, 0.6) is 0 Å². The van der Waals surface area contributed by atoms with Gasteiger partial charge in [0.1, 0.15) is 5.69 Å². The van der Waals surface area contributed by atoms with E-state index in [9.17, 15) is 4.79 Å². The molecule has 0 saturated heterocycles. The summed E-state index contributed by atoms with van der Waals surface area (Å²) < 4.78 is 6.07. The lowest BCUT2D eigenvalue weighted by molar-refractivity contribution is -0.120. The Labute approximate surface area is 164 Å². The van der Waals surface area contributed by atoms with Gasteiger partial charge in [0.15, 0.2) is 5.76 Å². The maximum absolute atomic E-state index is 12.3. The summed E-state index contributed by atoms with van der Waals surface area (Å²) in [5.74, 6) is 1.13. The number of hydrogen-bond donors (Lipinski definition) is 1. The molecule has 0 radical (unpaired) electrons. The Morgan fingerprint density at radius 3 is 2.19 bits per heavy atom. The highest BCUT2D eigenvalue weighted by Gasteiger charge is 2.21. The van der Waals surface area contributed by atoms with Gasteiger partial charge in [-0.2, -0.15) is 0 Å². The standard InChI is InChI=1S/C22H24N2O2S/c1-15(2)14-23-21(25)16(3)27-22-24-19(17-10-6-4-7-11-17)20(26-22)18-12-8-5-9-13-18/h4-13,15-16H,14H2,1-3H3,(H,23,25). The number of benzene rings is 2. The van der Waals surface area contributed by atoms with E-state index in [1.165, 1.54) is 11.8 Å². The van der Waals surface area contributed by atoms with Crippen molar-refractivity contribution < 1.29 is 9.21 Å². The molecule has 1 unspecified atom stereocenters. The first kappa shape index (κ1) is 19.2. The molecule has 0 aliphatic carbocycles. The van der Waals surface area contributed by atoms with E-state index in [1.807, 2.05) is 67.6 Å². The van der Waals surface area contributed by atoms with Gasteiger partial charge in [-0.25, -0.2) is 4.98 Å². The van der Waals surface area contributed by atoms with Crippen molar-refractivity contribution in [3.05, 3.63) is 60.7 Å². The van der Waals surface area contributed by atoms with E-state index in [4.69, 9.17) is 9.40 Å². The van der Waals surface area contributed by atoms with E-state index in [0.717, 1.165) is 22.6 Å². The summed E-state index contributed by atoms with van der Waals surface area (Å²) in [7, 11) is 0. The fraction of sp³-hybridized carbons (Fsp3) is 0.273. The largest absolute Gasteiger partial charge is 0.431 e. The minimum absolute atomic E-state index is 0.00516. The first-order valence-electron chi connectivity index (χ1n) is 9.10. The van der Waals surface area contributed by atoms with Crippen LogP contribution in [-0.4, -0.2) is 22.7 Å². The summed E-state index contributed by atoms with van der Waals surface area (Å²) in [6, 6.07) is 19.9. The molecule has 0 bridgehead atoms. The quantitative estimate of drug-likeness (QED) is 0.568. The predicted molar refractivity (Wildman–Crippen MR) is 111 cm³/mol. The molecule has 0 aliphatic rings. The Balaban J connectivity index is 1.87. The number of carbonyl (C=O) groups excluding carboxylic acids is 1. The third-order valence-corrected chi connectivity index (χ3v) is 4.97. The first-order valence-corrected chi connectivity index (χ1v) is 9.98. The highest BCUT2D eigenvalue weighted by molar-refractivity contribution is 8.00. The van der Waals surface area contributed by atoms with Gasteiger partial charge in [-0.05, 0) is 12.8 Å². The van der Waals surface area contributed by atoms with Gasteiger partial charge < -0.3 is 9.73 Å². The zero-order chi connectivity index (χ0) is 19.2. The van der Waals surface area contributed by atoms with Crippen molar-refractivity contribution in [1.29, 1.82) is 0 Å². The molecule has 5 heteroatoms. The maximum Gasteiger partial charge on any atom is 0.257 e. The average Bonchev–Trinajstić information content (AvgIpc) is 3.11. The van der Waals surface area contributed by atoms with Gasteiger partial charge in [0, 0.05) is 17.7 Å². The van der Waals surface area contributed by atoms with Gasteiger partial charge in [0.2, 0.25) is 5.91 Å². The highest BCUT2D eigenvalue weighted by atomic mass is 32.2. The predicted octanol–water partition coefficient (Wildman–Crippen LogP) is 5.26. The van der Waals surface area contributed by atoms with Crippen LogP contribution in [0.2, 0.25) is 0 Å². The van der Waals surface area contributed by atoms with E-state index in [0.29, 0.717) is 17.7 Å². The van der Waals surface area contributed by atoms with Gasteiger partial charge in [-0.15, -0.1) is 0 Å². The third-order valence-electron chi connectivity index (χ3n) is 4.02. The minimum Gasteiger partial charge on any atom is -0.431 e. The molecule has 1 N–H and O–H groups in total. The van der Waals surface area contributed by atoms with Crippen molar-refractivity contribution >= 4 is 17.7 Å². The minimum atomic E-state index is -0.283. The van der Waals surface area contributed by atoms with E-state index in [2.05, 4.69) is 19.2 Å². The molecule has 1 atom stereocenters. The van der Waals surface area contributed by atoms with Crippen LogP contribution in [0.3, 0.4) is 0 Å². The molecule has 0 saturated carbocycles. The molecule has 1 aromatic heterocycles. The van der Waals surface area contributed by atoms with Crippen molar-refractivity contribution in [2.45, 2.75) is 31.2 Å². The van der Waals surface area contributed by atoms with Crippen LogP contribution in [0.1, 0.15) is 20.8 Å². The topological polar surface area (TPSA) is 55.1 Å². The highest BCUT2D eigenvalue weighted by Crippen LogP contribution is 2.36. The summed E-state index contributed by atoms with van der Waals surface area (Å²) in [4.78, 5) is 17.0. The SMILES string of the molecule is CC(C)CNC(=O)C(C)Sc1nc(-c2ccccc2)c(-c2ccccc2)o1. The van der Waals surface area contributed by atoms with E-state index >= 15 is 0 Å². The number of thioether (sulfide) groups is 1. The molecule has 27 heavy (non-hydrogen) atoms. The zero-order valence-electron chi connectivity index (χ0n) is 15.8. The number of oxazole rings is 1. The number of rotatable bonds is 7. The average molecular weight is 381 g/mol. The summed E-state index contributed by atoms with van der Waals surface area (Å²) in [6.07, 6.45) is 0. The third kappa shape index (κ3) is 5.01. The maximum atomic E-state index is 12.3. The van der Waals surface area contributed by atoms with Crippen LogP contribution in [0.15, 0.2) is 70.3 Å². The van der Waals surface area contributed by atoms with Crippen molar-refractivity contribution in [2.24, 2.45) is 5.92 Å². The Morgan fingerprint density at radius 2 is 1.59 bits per heavy atom. The summed E-state index contributed by atoms with van der Waals surface area (Å²) in [6.45, 7) is 6.68. The molecule has 3 aromatic rings. The monoisotopic (exact) mass is 380 g/mol. The lowest BCUT2D eigenvalue weighted by Gasteiger charge is -2.11. The van der Waals surface area contributed by atoms with E-state index in [-0.39, 0.29) is 11.2 Å². The normalized spacial score (nSPS) is 12.1. The lowest BCUT2D eigenvalue weighted by Crippen LogP contribution is -2.33. The second-order valence-corrected chi connectivity index (χ2v) is 8.08. The molecule has 1 heterocycles. The molecule has 1 amide bonds. The van der Waals surface area contributed by atoms with Crippen LogP contribution in [0.25, 0.3) is 22.6 Å². The molecule has 0 fully saturated rings. The lowest BCUT2D eigenvalue weighted by atomic mass is 10.1. The molecule has 3 rings (SSSR count). The van der Waals surface area contributed by atoms with Crippen LogP contribution in [0, 0.1) is 5.92 Å². The fourth-order valence-electron chi connectivity index (χ4n) is 2.58. The van der Waals surface area contributed by atoms with Crippen molar-refractivity contribution in [3.63, 3.8) is 0 Å². The summed E-state index contributed by atoms with van der Waals surface area (Å²) in [5, 5.41) is 3.17. The van der Waals surface area contributed by atoms with Crippen LogP contribution in [0.4, 0.5) is 0 Å². The molecule has 140 valence electrons. The summed E-state index contributed by atoms with van der Waals surface area (Å²) >= 11 is 1.34. The number of nitrogens with one attached hydrogen (secondary N) is 1. The molecule has 0 aliphatic heterocycles. The number of amides is 1. The molecular formula is C22H24N2O2S. The van der Waals surface area contributed by atoms with Crippen molar-refractivity contribution in [3.8, 4) is 22.6 Å². The number of nitrogens with zero attached hydrogens (tertiary/aromatic N) is 1. The van der Waals surface area contributed by atoms with Crippen molar-refractivity contribution in [1.82, 2.24) is 10.3 Å². The molecule has 4 nitrogen and oxygen atoms in total. The van der Waals surface area contributed by atoms with Crippen LogP contribution < -0.4 is 5.32 Å².